The van der Waals surface area contributed by atoms with Gasteiger partial charge in [-0.3, -0.25) is 5.41 Å². The molecular weight excluding hydrogens is 202 g/mol. The summed E-state index contributed by atoms with van der Waals surface area (Å²) >= 11 is 0. The zero-order valence-corrected chi connectivity index (χ0v) is 9.83. The minimum absolute atomic E-state index is 0.0759. The predicted molar refractivity (Wildman–Crippen MR) is 67.2 cm³/mol. The number of hydrogen-bond donors (Lipinski definition) is 3. The molecule has 0 aromatic heterocycles. The first-order chi connectivity index (χ1) is 7.50. The first-order valence-corrected chi connectivity index (χ1v) is 5.25. The van der Waals surface area contributed by atoms with Crippen LogP contribution in [0.1, 0.15) is 19.8 Å². The highest BCUT2D eigenvalue weighted by Gasteiger charge is 2.08. The molecule has 0 aromatic carbocycles. The topological polar surface area (TPSA) is 91.5 Å². The van der Waals surface area contributed by atoms with Gasteiger partial charge in [-0.25, -0.2) is 0 Å². The van der Waals surface area contributed by atoms with Gasteiger partial charge in [0.2, 0.25) is 5.96 Å². The van der Waals surface area contributed by atoms with Crippen LogP contribution in [0.15, 0.2) is 28.3 Å². The third-order valence-electron chi connectivity index (χ3n) is 2.60. The Balaban J connectivity index is 2.44. The van der Waals surface area contributed by atoms with Crippen LogP contribution in [0.5, 0.6) is 0 Å². The molecule has 0 fully saturated rings. The third-order valence-corrected chi connectivity index (χ3v) is 2.60. The maximum absolute atomic E-state index is 7.59. The molecule has 16 heavy (non-hydrogen) atoms. The van der Waals surface area contributed by atoms with E-state index in [0.717, 1.165) is 19.4 Å². The van der Waals surface area contributed by atoms with Gasteiger partial charge in [0.05, 0.1) is 0 Å². The van der Waals surface area contributed by atoms with E-state index in [9.17, 15) is 0 Å². The van der Waals surface area contributed by atoms with Gasteiger partial charge in [-0.2, -0.15) is 4.99 Å². The van der Waals surface area contributed by atoms with E-state index in [1.54, 1.807) is 4.90 Å². The Morgan fingerprint density at radius 3 is 2.75 bits per heavy atom. The molecule has 1 rings (SSSR count). The zero-order chi connectivity index (χ0) is 12.1. The first-order valence-electron chi connectivity index (χ1n) is 5.25. The van der Waals surface area contributed by atoms with Crippen molar-refractivity contribution >= 4 is 11.9 Å². The lowest BCUT2D eigenvalue weighted by Gasteiger charge is -2.17. The van der Waals surface area contributed by atoms with Gasteiger partial charge in [-0.05, 0) is 25.3 Å². The molecule has 5 heteroatoms. The van der Waals surface area contributed by atoms with E-state index >= 15 is 0 Å². The first kappa shape index (κ1) is 12.3. The van der Waals surface area contributed by atoms with E-state index in [2.05, 4.69) is 24.1 Å². The van der Waals surface area contributed by atoms with Crippen molar-refractivity contribution in [2.75, 3.05) is 13.6 Å². The number of nitrogens with two attached hydrogens (primary N) is 2. The van der Waals surface area contributed by atoms with E-state index < -0.39 is 0 Å². The van der Waals surface area contributed by atoms with E-state index in [1.807, 2.05) is 7.05 Å². The van der Waals surface area contributed by atoms with Gasteiger partial charge in [0.25, 0.3) is 0 Å². The normalized spacial score (nSPS) is 14.1. The van der Waals surface area contributed by atoms with Crippen molar-refractivity contribution in [1.82, 2.24) is 4.90 Å². The lowest BCUT2D eigenvalue weighted by Crippen LogP contribution is -2.31. The fraction of sp³-hybridized carbons (Fsp3) is 0.455. The molecule has 0 atom stereocenters. The molecule has 5 nitrogen and oxygen atoms in total. The molecule has 0 aromatic rings. The molecule has 0 saturated carbocycles. The summed E-state index contributed by atoms with van der Waals surface area (Å²) in [6.07, 6.45) is 6.27. The van der Waals surface area contributed by atoms with Crippen LogP contribution in [-0.2, 0) is 0 Å². The average Bonchev–Trinajstić information content (AvgIpc) is 2.59. The highest BCUT2D eigenvalue weighted by molar-refractivity contribution is 5.91. The van der Waals surface area contributed by atoms with Gasteiger partial charge in [-0.1, -0.05) is 17.7 Å². The largest absolute Gasteiger partial charge is 0.370 e. The van der Waals surface area contributed by atoms with Crippen molar-refractivity contribution in [3.05, 3.63) is 23.3 Å². The fourth-order valence-electron chi connectivity index (χ4n) is 1.55. The van der Waals surface area contributed by atoms with E-state index in [1.165, 1.54) is 11.1 Å². The van der Waals surface area contributed by atoms with Crippen molar-refractivity contribution in [1.29, 1.82) is 5.41 Å². The maximum Gasteiger partial charge on any atom is 0.220 e. The molecule has 1 aliphatic carbocycles. The Hall–Kier alpha value is -1.78. The Morgan fingerprint density at radius 2 is 2.25 bits per heavy atom. The molecule has 0 heterocycles. The molecular formula is C11H19N5. The van der Waals surface area contributed by atoms with Crippen LogP contribution in [0.3, 0.4) is 0 Å². The summed E-state index contributed by atoms with van der Waals surface area (Å²) in [5.41, 5.74) is 13.2. The number of allylic oxidation sites excluding steroid dienone is 3. The quantitative estimate of drug-likeness (QED) is 0.486. The standard InChI is InChI=1S/C11H19N5/c1-8-4-3-5-9(8)6-7-16(2)11(14)15-10(12)13/h3,5H,4,6-7H2,1-2H3,(H5,12,13,14,15). The summed E-state index contributed by atoms with van der Waals surface area (Å²) in [7, 11) is 1.81. The Labute approximate surface area is 96.0 Å². The van der Waals surface area contributed by atoms with Crippen LogP contribution >= 0.6 is 0 Å². The van der Waals surface area contributed by atoms with Crippen LogP contribution < -0.4 is 11.5 Å². The maximum atomic E-state index is 7.59. The second-order valence-corrected chi connectivity index (χ2v) is 3.94. The Bertz CT molecular complexity index is 361. The summed E-state index contributed by atoms with van der Waals surface area (Å²) in [6.45, 7) is 2.88. The van der Waals surface area contributed by atoms with Crippen LogP contribution in [0.2, 0.25) is 0 Å². The molecule has 5 N–H and O–H groups in total. The van der Waals surface area contributed by atoms with Gasteiger partial charge in [0, 0.05) is 13.6 Å². The van der Waals surface area contributed by atoms with Gasteiger partial charge in [0.15, 0.2) is 5.96 Å². The van der Waals surface area contributed by atoms with Crippen molar-refractivity contribution in [2.24, 2.45) is 16.5 Å². The van der Waals surface area contributed by atoms with Crippen molar-refractivity contribution in [3.8, 4) is 0 Å². The smallest absolute Gasteiger partial charge is 0.220 e. The average molecular weight is 221 g/mol. The van der Waals surface area contributed by atoms with E-state index in [4.69, 9.17) is 16.9 Å². The van der Waals surface area contributed by atoms with Crippen LogP contribution in [0.25, 0.3) is 0 Å². The van der Waals surface area contributed by atoms with Crippen molar-refractivity contribution in [3.63, 3.8) is 0 Å². The number of hydrogen-bond acceptors (Lipinski definition) is 1. The molecule has 0 amide bonds. The zero-order valence-electron chi connectivity index (χ0n) is 9.83. The number of aliphatic imine (C=N–C) groups is 1. The summed E-state index contributed by atoms with van der Waals surface area (Å²) in [6, 6.07) is 0. The minimum atomic E-state index is -0.0759. The molecule has 0 unspecified atom stereocenters. The highest BCUT2D eigenvalue weighted by atomic mass is 15.2. The Morgan fingerprint density at radius 1 is 1.56 bits per heavy atom. The number of guanidine groups is 2. The molecule has 0 saturated heterocycles. The van der Waals surface area contributed by atoms with Gasteiger partial charge in [0.1, 0.15) is 0 Å². The lowest BCUT2D eigenvalue weighted by molar-refractivity contribution is 0.500. The number of nitrogens with zero attached hydrogens (tertiary/aromatic N) is 2. The molecule has 88 valence electrons. The summed E-state index contributed by atoms with van der Waals surface area (Å²) in [5, 5.41) is 7.59. The van der Waals surface area contributed by atoms with Crippen LogP contribution in [0.4, 0.5) is 0 Å². The molecule has 0 radical (unpaired) electrons. The van der Waals surface area contributed by atoms with E-state index in [0.29, 0.717) is 0 Å². The van der Waals surface area contributed by atoms with Gasteiger partial charge in [-0.15, -0.1) is 0 Å². The minimum Gasteiger partial charge on any atom is -0.370 e. The van der Waals surface area contributed by atoms with Crippen molar-refractivity contribution < 1.29 is 0 Å². The van der Waals surface area contributed by atoms with Gasteiger partial charge < -0.3 is 16.4 Å². The van der Waals surface area contributed by atoms with Gasteiger partial charge >= 0.3 is 0 Å². The molecule has 0 bridgehead atoms. The molecule has 1 aliphatic rings. The summed E-state index contributed by atoms with van der Waals surface area (Å²) < 4.78 is 0. The second-order valence-electron chi connectivity index (χ2n) is 3.94. The van der Waals surface area contributed by atoms with E-state index in [-0.39, 0.29) is 11.9 Å². The SMILES string of the molecule is CC1=C(CCN(C)C(=N)N=C(N)N)C=CC1. The highest BCUT2D eigenvalue weighted by Crippen LogP contribution is 2.20. The Kier molecular flexibility index (Phi) is 4.10. The second kappa shape index (κ2) is 5.34. The van der Waals surface area contributed by atoms with Crippen molar-refractivity contribution in [2.45, 2.75) is 19.8 Å². The lowest BCUT2D eigenvalue weighted by atomic mass is 10.1. The summed E-state index contributed by atoms with van der Waals surface area (Å²) in [4.78, 5) is 5.42. The fourth-order valence-corrected chi connectivity index (χ4v) is 1.55. The van der Waals surface area contributed by atoms with Crippen LogP contribution in [-0.4, -0.2) is 30.4 Å². The predicted octanol–water partition coefficient (Wildman–Crippen LogP) is 0.793. The third kappa shape index (κ3) is 3.42. The number of nitrogens with one attached hydrogen (secondary N) is 1. The molecule has 0 aliphatic heterocycles. The summed E-state index contributed by atoms with van der Waals surface area (Å²) in [5.74, 6) is 0.0215. The van der Waals surface area contributed by atoms with Crippen LogP contribution in [0, 0.1) is 5.41 Å². The monoisotopic (exact) mass is 221 g/mol. The molecule has 0 spiro atoms. The number of rotatable bonds is 3.